The topological polar surface area (TPSA) is 103 Å². The fourth-order valence-electron chi connectivity index (χ4n) is 0.850. The molecule has 0 fully saturated rings. The summed E-state index contributed by atoms with van der Waals surface area (Å²) < 4.78 is 4.69. The van der Waals surface area contributed by atoms with Crippen LogP contribution < -0.4 is 5.73 Å². The Hall–Kier alpha value is -1.51. The molecule has 64 valence electrons. The van der Waals surface area contributed by atoms with Crippen LogP contribution in [-0.2, 0) is 0 Å². The van der Waals surface area contributed by atoms with Crippen molar-refractivity contribution in [1.29, 1.82) is 5.26 Å². The van der Waals surface area contributed by atoms with E-state index < -0.39 is 12.7 Å². The molecule has 1 aromatic rings. The van der Waals surface area contributed by atoms with Crippen molar-refractivity contribution < 1.29 is 14.6 Å². The molecule has 0 aliphatic heterocycles. The zero-order valence-corrected chi connectivity index (χ0v) is 6.19. The molecule has 0 spiro atoms. The SMILES string of the molecule is N#Cc1c([C@@H](O)CO)coc1N. The van der Waals surface area contributed by atoms with Gasteiger partial charge in [-0.05, 0) is 0 Å². The highest BCUT2D eigenvalue weighted by molar-refractivity contribution is 5.51. The Morgan fingerprint density at radius 3 is 2.92 bits per heavy atom. The molecule has 0 saturated heterocycles. The molecule has 0 radical (unpaired) electrons. The van der Waals surface area contributed by atoms with Crippen LogP contribution in [0.1, 0.15) is 17.2 Å². The first-order chi connectivity index (χ1) is 5.70. The maximum atomic E-state index is 9.14. The average molecular weight is 168 g/mol. The molecule has 0 aromatic carbocycles. The second-order valence-corrected chi connectivity index (χ2v) is 2.24. The molecule has 12 heavy (non-hydrogen) atoms. The lowest BCUT2D eigenvalue weighted by Gasteiger charge is -2.02. The Morgan fingerprint density at radius 1 is 1.75 bits per heavy atom. The van der Waals surface area contributed by atoms with E-state index in [2.05, 4.69) is 0 Å². The third kappa shape index (κ3) is 1.25. The summed E-state index contributed by atoms with van der Waals surface area (Å²) >= 11 is 0. The van der Waals surface area contributed by atoms with Gasteiger partial charge in [-0.25, -0.2) is 0 Å². The quantitative estimate of drug-likeness (QED) is 0.565. The Morgan fingerprint density at radius 2 is 2.42 bits per heavy atom. The van der Waals surface area contributed by atoms with Crippen molar-refractivity contribution in [2.45, 2.75) is 6.10 Å². The molecule has 0 amide bonds. The monoisotopic (exact) mass is 168 g/mol. The molecule has 0 aliphatic rings. The van der Waals surface area contributed by atoms with Gasteiger partial charge in [0.05, 0.1) is 6.61 Å². The molecule has 5 nitrogen and oxygen atoms in total. The standard InChI is InChI=1S/C7H8N2O3/c8-1-4-5(6(11)2-10)3-12-7(4)9/h3,6,10-11H,2,9H2/t6-/m0/s1. The second-order valence-electron chi connectivity index (χ2n) is 2.24. The number of nitrogens with two attached hydrogens (primary N) is 1. The number of nitrogen functional groups attached to an aromatic ring is 1. The van der Waals surface area contributed by atoms with Crippen LogP contribution in [0.25, 0.3) is 0 Å². The second kappa shape index (κ2) is 3.26. The van der Waals surface area contributed by atoms with Crippen LogP contribution in [0, 0.1) is 11.3 Å². The number of aliphatic hydroxyl groups excluding tert-OH is 2. The van der Waals surface area contributed by atoms with Crippen LogP contribution in [0.2, 0.25) is 0 Å². The zero-order chi connectivity index (χ0) is 9.14. The van der Waals surface area contributed by atoms with E-state index in [9.17, 15) is 0 Å². The first-order valence-electron chi connectivity index (χ1n) is 3.26. The van der Waals surface area contributed by atoms with Gasteiger partial charge in [-0.1, -0.05) is 0 Å². The highest BCUT2D eigenvalue weighted by Gasteiger charge is 2.17. The van der Waals surface area contributed by atoms with Gasteiger partial charge < -0.3 is 20.4 Å². The minimum absolute atomic E-state index is 0.0417. The Balaban J connectivity index is 3.09. The van der Waals surface area contributed by atoms with Crippen molar-refractivity contribution in [2.24, 2.45) is 0 Å². The van der Waals surface area contributed by atoms with Gasteiger partial charge in [0.2, 0.25) is 5.88 Å². The van der Waals surface area contributed by atoms with Crippen LogP contribution in [0.5, 0.6) is 0 Å². The summed E-state index contributed by atoms with van der Waals surface area (Å²) in [7, 11) is 0. The Kier molecular flexibility index (Phi) is 2.33. The lowest BCUT2D eigenvalue weighted by atomic mass is 10.1. The number of rotatable bonds is 2. The first kappa shape index (κ1) is 8.59. The van der Waals surface area contributed by atoms with Gasteiger partial charge in [0.15, 0.2) is 0 Å². The molecule has 0 aliphatic carbocycles. The van der Waals surface area contributed by atoms with Gasteiger partial charge in [0, 0.05) is 5.56 Å². The Labute approximate surface area is 68.6 Å². The van der Waals surface area contributed by atoms with E-state index in [0.717, 1.165) is 6.26 Å². The number of nitrogens with zero attached hydrogens (tertiary/aromatic N) is 1. The smallest absolute Gasteiger partial charge is 0.208 e. The molecule has 1 heterocycles. The molecule has 0 unspecified atom stereocenters. The van der Waals surface area contributed by atoms with Crippen molar-refractivity contribution in [1.82, 2.24) is 0 Å². The molecule has 1 rings (SSSR count). The van der Waals surface area contributed by atoms with Crippen molar-refractivity contribution >= 4 is 5.88 Å². The highest BCUT2D eigenvalue weighted by atomic mass is 16.3. The van der Waals surface area contributed by atoms with Crippen LogP contribution in [0.15, 0.2) is 10.7 Å². The molecule has 5 heteroatoms. The third-order valence-corrected chi connectivity index (χ3v) is 1.49. The largest absolute Gasteiger partial charge is 0.447 e. The van der Waals surface area contributed by atoms with E-state index in [1.807, 2.05) is 0 Å². The van der Waals surface area contributed by atoms with Gasteiger partial charge in [0.25, 0.3) is 0 Å². The lowest BCUT2D eigenvalue weighted by molar-refractivity contribution is 0.0949. The number of furan rings is 1. The van der Waals surface area contributed by atoms with E-state index in [-0.39, 0.29) is 17.0 Å². The van der Waals surface area contributed by atoms with Crippen LogP contribution in [-0.4, -0.2) is 16.8 Å². The summed E-state index contributed by atoms with van der Waals surface area (Å²) in [6.45, 7) is -0.465. The predicted octanol–water partition coefficient (Wildman–Crippen LogP) is -0.241. The highest BCUT2D eigenvalue weighted by Crippen LogP contribution is 2.23. The van der Waals surface area contributed by atoms with E-state index in [0.29, 0.717) is 0 Å². The predicted molar refractivity (Wildman–Crippen MR) is 39.9 cm³/mol. The molecule has 0 saturated carbocycles. The molecular weight excluding hydrogens is 160 g/mol. The molecule has 1 atom stereocenters. The number of hydrogen-bond acceptors (Lipinski definition) is 5. The molecule has 1 aromatic heterocycles. The van der Waals surface area contributed by atoms with Gasteiger partial charge in [-0.15, -0.1) is 0 Å². The van der Waals surface area contributed by atoms with Crippen molar-refractivity contribution in [3.8, 4) is 6.07 Å². The number of aliphatic hydroxyl groups is 2. The Bertz CT molecular complexity index is 313. The fraction of sp³-hybridized carbons (Fsp3) is 0.286. The van der Waals surface area contributed by atoms with Crippen LogP contribution in [0.4, 0.5) is 5.88 Å². The minimum atomic E-state index is -1.11. The lowest BCUT2D eigenvalue weighted by Crippen LogP contribution is -2.03. The fourth-order valence-corrected chi connectivity index (χ4v) is 0.850. The normalized spacial score (nSPS) is 12.4. The maximum Gasteiger partial charge on any atom is 0.208 e. The van der Waals surface area contributed by atoms with Crippen molar-refractivity contribution in [2.75, 3.05) is 12.3 Å². The third-order valence-electron chi connectivity index (χ3n) is 1.49. The average Bonchev–Trinajstić information content (AvgIpc) is 2.45. The van der Waals surface area contributed by atoms with E-state index in [1.54, 1.807) is 6.07 Å². The minimum Gasteiger partial charge on any atom is -0.447 e. The van der Waals surface area contributed by atoms with Gasteiger partial charge in [0.1, 0.15) is 24.0 Å². The summed E-state index contributed by atoms with van der Waals surface area (Å²) in [4.78, 5) is 0. The number of hydrogen-bond donors (Lipinski definition) is 3. The van der Waals surface area contributed by atoms with E-state index in [4.69, 9.17) is 25.6 Å². The summed E-state index contributed by atoms with van der Waals surface area (Å²) in [6, 6.07) is 1.77. The summed E-state index contributed by atoms with van der Waals surface area (Å²) in [5.74, 6) is -0.0417. The van der Waals surface area contributed by atoms with Crippen molar-refractivity contribution in [3.63, 3.8) is 0 Å². The van der Waals surface area contributed by atoms with Gasteiger partial charge >= 0.3 is 0 Å². The van der Waals surface area contributed by atoms with Gasteiger partial charge in [-0.3, -0.25) is 0 Å². The summed E-state index contributed by atoms with van der Waals surface area (Å²) in [5.41, 5.74) is 5.56. The molecule has 4 N–H and O–H groups in total. The summed E-state index contributed by atoms with van der Waals surface area (Å²) in [6.07, 6.45) is 0.0510. The van der Waals surface area contributed by atoms with Crippen molar-refractivity contribution in [3.05, 3.63) is 17.4 Å². The van der Waals surface area contributed by atoms with Gasteiger partial charge in [-0.2, -0.15) is 5.26 Å². The van der Waals surface area contributed by atoms with Crippen LogP contribution >= 0.6 is 0 Å². The van der Waals surface area contributed by atoms with E-state index >= 15 is 0 Å². The molecule has 0 bridgehead atoms. The zero-order valence-electron chi connectivity index (χ0n) is 6.19. The summed E-state index contributed by atoms with van der Waals surface area (Å²) in [5, 5.41) is 26.3. The molecular formula is C7H8N2O3. The van der Waals surface area contributed by atoms with Crippen LogP contribution in [0.3, 0.4) is 0 Å². The first-order valence-corrected chi connectivity index (χ1v) is 3.26. The number of anilines is 1. The van der Waals surface area contributed by atoms with E-state index in [1.165, 1.54) is 0 Å². The number of nitriles is 1. The maximum absolute atomic E-state index is 9.14.